The highest BCUT2D eigenvalue weighted by atomic mass is 19.4. The van der Waals surface area contributed by atoms with Gasteiger partial charge in [0, 0.05) is 20.1 Å². The highest BCUT2D eigenvalue weighted by molar-refractivity contribution is 4.84. The molecule has 0 rings (SSSR count). The molecule has 1 unspecified atom stereocenters. The fourth-order valence-electron chi connectivity index (χ4n) is 2.46. The fraction of sp³-hybridized carbons (Fsp3) is 1.00. The molecule has 0 radical (unpaired) electrons. The Morgan fingerprint density at radius 3 is 0.676 bits per heavy atom. The van der Waals surface area contributed by atoms with Gasteiger partial charge in [0.1, 0.15) is 0 Å². The third-order valence-electron chi connectivity index (χ3n) is 9.29. The van der Waals surface area contributed by atoms with Gasteiger partial charge >= 0.3 is 55.6 Å². The zero-order chi connectivity index (χ0) is 63.5. The molecule has 0 aromatic carbocycles. The molecule has 0 heterocycles. The number of halogens is 27. The second-order valence-electron chi connectivity index (χ2n) is 18.8. The van der Waals surface area contributed by atoms with Crippen molar-refractivity contribution < 1.29 is 120 Å². The molecule has 0 aliphatic heterocycles. The summed E-state index contributed by atoms with van der Waals surface area (Å²) in [6, 6.07) is 0. The predicted octanol–water partition coefficient (Wildman–Crippen LogP) is 24.4. The smallest absolute Gasteiger partial charge is 0.171 e. The summed E-state index contributed by atoms with van der Waals surface area (Å²) >= 11 is 0. The summed E-state index contributed by atoms with van der Waals surface area (Å²) in [7, 11) is 0. The molecule has 0 saturated carbocycles. The molecule has 27 heteroatoms. The highest BCUT2D eigenvalue weighted by Crippen LogP contribution is 2.49. The summed E-state index contributed by atoms with van der Waals surface area (Å²) in [5, 5.41) is 0. The predicted molar refractivity (Wildman–Crippen MR) is 239 cm³/mol. The van der Waals surface area contributed by atoms with Crippen LogP contribution < -0.4 is 0 Å². The Kier molecular flexibility index (Phi) is 49.4. The number of unbranched alkanes of at least 4 members (excludes halogenated alkanes) is 4. The van der Waals surface area contributed by atoms with Crippen LogP contribution in [0, 0.1) is 40.4 Å². The first kappa shape index (κ1) is 88.7. The number of alkyl halides is 27. The van der Waals surface area contributed by atoms with Crippen molar-refractivity contribution in [2.24, 2.45) is 40.4 Å². The van der Waals surface area contributed by atoms with Gasteiger partial charge in [-0.1, -0.05) is 156 Å². The maximum Gasteiger partial charge on any atom is 0.402 e. The summed E-state index contributed by atoms with van der Waals surface area (Å²) in [4.78, 5) is 0. The van der Waals surface area contributed by atoms with E-state index in [-0.39, 0.29) is 33.1 Å². The lowest BCUT2D eigenvalue weighted by atomic mass is 9.92. The maximum atomic E-state index is 11.7. The van der Waals surface area contributed by atoms with Crippen molar-refractivity contribution in [3.63, 3.8) is 0 Å². The highest BCUT2D eigenvalue weighted by Gasteiger charge is 2.64. The molecule has 0 spiro atoms. The molecule has 0 bridgehead atoms. The summed E-state index contributed by atoms with van der Waals surface area (Å²) in [5.74, 6) is -5.60. The minimum Gasteiger partial charge on any atom is -0.171 e. The van der Waals surface area contributed by atoms with Crippen molar-refractivity contribution in [3.8, 4) is 0 Å². The zero-order valence-electron chi connectivity index (χ0n) is 46.7. The van der Waals surface area contributed by atoms with Crippen LogP contribution in [0.25, 0.3) is 0 Å². The topological polar surface area (TPSA) is 0 Å². The summed E-state index contributed by atoms with van der Waals surface area (Å²) in [6.45, 7) is 24.6. The number of rotatable bonds is 11. The average Bonchev–Trinajstić information content (AvgIpc) is 3.15. The van der Waals surface area contributed by atoms with E-state index in [1.54, 1.807) is 6.92 Å². The third-order valence-corrected chi connectivity index (χ3v) is 9.29. The largest absolute Gasteiger partial charge is 0.402 e. The van der Waals surface area contributed by atoms with Crippen molar-refractivity contribution in [1.29, 1.82) is 0 Å². The Bertz CT molecular complexity index is 1180. The second-order valence-corrected chi connectivity index (χ2v) is 18.8. The summed E-state index contributed by atoms with van der Waals surface area (Å²) < 4.78 is 318. The first-order valence-corrected chi connectivity index (χ1v) is 23.4. The second kappa shape index (κ2) is 41.2. The Labute approximate surface area is 423 Å². The van der Waals surface area contributed by atoms with Crippen LogP contribution in [-0.4, -0.2) is 55.6 Å². The average molecular weight is 1160 g/mol. The van der Waals surface area contributed by atoms with Crippen LogP contribution in [0.5, 0.6) is 0 Å². The van der Waals surface area contributed by atoms with E-state index in [0.29, 0.717) is 12.8 Å². The van der Waals surface area contributed by atoms with E-state index >= 15 is 0 Å². The quantitative estimate of drug-likeness (QED) is 0.143. The molecule has 0 aliphatic carbocycles. The van der Waals surface area contributed by atoms with Gasteiger partial charge in [-0.2, -0.15) is 119 Å². The molecule has 0 aromatic heterocycles. The molecule has 0 aromatic rings. The van der Waals surface area contributed by atoms with Gasteiger partial charge in [-0.05, 0) is 45.4 Å². The lowest BCUT2D eigenvalue weighted by Crippen LogP contribution is -2.44. The SMILES string of the molecule is CC(C)(C(F)(F)F)C(F)(F)F.CC(C)(C)C(F)(F)F.CCC(C)C.CCC(C)C(F)(F)F.CCCCC.CCCCCC(F)(F)F.CCC[C@H](C)C(F)(F)F.C[C@@H](CCC(F)(F)F)C(F)(F)F.[2H]C(C)(C)C(F)(F)F. The van der Waals surface area contributed by atoms with Crippen LogP contribution >= 0.6 is 0 Å². The van der Waals surface area contributed by atoms with Crippen LogP contribution in [0.4, 0.5) is 119 Å². The lowest BCUT2D eigenvalue weighted by molar-refractivity contribution is -0.327. The van der Waals surface area contributed by atoms with Crippen molar-refractivity contribution in [3.05, 3.63) is 0 Å². The van der Waals surface area contributed by atoms with E-state index in [1.165, 1.54) is 46.5 Å². The number of hydrogen-bond donors (Lipinski definition) is 0. The van der Waals surface area contributed by atoms with E-state index in [0.717, 1.165) is 53.9 Å². The van der Waals surface area contributed by atoms with Crippen molar-refractivity contribution in [2.45, 2.75) is 264 Å². The van der Waals surface area contributed by atoms with E-state index in [2.05, 4.69) is 34.6 Å². The van der Waals surface area contributed by atoms with Gasteiger partial charge in [-0.3, -0.25) is 0 Å². The van der Waals surface area contributed by atoms with Crippen molar-refractivity contribution >= 4 is 0 Å². The van der Waals surface area contributed by atoms with Crippen LogP contribution in [0.2, 0.25) is 0 Å². The van der Waals surface area contributed by atoms with Crippen LogP contribution in [0.15, 0.2) is 0 Å². The lowest BCUT2D eigenvalue weighted by Gasteiger charge is -2.29. The molecule has 74 heavy (non-hydrogen) atoms. The molecule has 0 N–H and O–H groups in total. The Balaban J connectivity index is -0.0000000944. The maximum absolute atomic E-state index is 11.7. The summed E-state index contributed by atoms with van der Waals surface area (Å²) in [6.07, 6.45) is -34.6. The van der Waals surface area contributed by atoms with Gasteiger partial charge in [0.25, 0.3) is 0 Å². The molecule has 0 saturated heterocycles. The molecule has 462 valence electrons. The third kappa shape index (κ3) is 68.1. The Hall–Kier alpha value is -1.89. The van der Waals surface area contributed by atoms with E-state index in [1.807, 2.05) is 6.92 Å². The van der Waals surface area contributed by atoms with Crippen LogP contribution in [0.1, 0.15) is 209 Å². The van der Waals surface area contributed by atoms with Gasteiger partial charge in [-0.15, -0.1) is 0 Å². The Morgan fingerprint density at radius 1 is 0.324 bits per heavy atom. The van der Waals surface area contributed by atoms with Gasteiger partial charge in [0.05, 0.1) is 23.2 Å². The summed E-state index contributed by atoms with van der Waals surface area (Å²) in [5.41, 5.74) is -5.19. The molecule has 3 atom stereocenters. The van der Waals surface area contributed by atoms with Gasteiger partial charge < -0.3 is 0 Å². The van der Waals surface area contributed by atoms with Gasteiger partial charge in [-0.25, -0.2) is 0 Å². The fourth-order valence-corrected chi connectivity index (χ4v) is 2.46. The number of hydrogen-bond acceptors (Lipinski definition) is 0. The van der Waals surface area contributed by atoms with Crippen molar-refractivity contribution in [1.82, 2.24) is 0 Å². The molecule has 0 nitrogen and oxygen atoms in total. The monoisotopic (exact) mass is 1160 g/mol. The first-order valence-electron chi connectivity index (χ1n) is 23.9. The Morgan fingerprint density at radius 2 is 0.581 bits per heavy atom. The van der Waals surface area contributed by atoms with Crippen LogP contribution in [-0.2, 0) is 0 Å². The van der Waals surface area contributed by atoms with E-state index in [9.17, 15) is 119 Å². The van der Waals surface area contributed by atoms with E-state index < -0.39 is 109 Å². The normalized spacial score (nSPS) is 14.3. The minimum absolute atomic E-state index is 0.104. The molecular weight excluding hydrogens is 1080 g/mol. The molecule has 0 fully saturated rings. The van der Waals surface area contributed by atoms with Crippen LogP contribution in [0.3, 0.4) is 0 Å². The molecular formula is C47H85F27. The van der Waals surface area contributed by atoms with Gasteiger partial charge in [0.2, 0.25) is 0 Å². The minimum atomic E-state index is -5.24. The zero-order valence-corrected chi connectivity index (χ0v) is 45.7. The van der Waals surface area contributed by atoms with E-state index in [4.69, 9.17) is 1.37 Å². The molecule has 0 amide bonds. The van der Waals surface area contributed by atoms with Gasteiger partial charge in [0.15, 0.2) is 5.41 Å². The molecule has 0 aliphatic rings. The van der Waals surface area contributed by atoms with Crippen molar-refractivity contribution in [2.75, 3.05) is 0 Å². The first-order chi connectivity index (χ1) is 32.3. The standard InChI is InChI=1S/C6H8F6.2C6H11F3.C5H6F6.2C5H9F3.2C5H12.C4H7F3/c1-4(6(10,11)12)2-3-5(7,8)9;1-3-4-5(2)6(7,8)9;1-2-3-4-5-6(7,8)9;1-3(2,4(6,7)8)5(9,10)11;1-4(2,3)5(6,7)8;1-3-4(2)5(6,7)8;1-4-5(2)3;1-3-5-4-2;1-3(2)4(5,6)7/h4H,2-3H2,1H3;5H,3-4H2,1-2H3;2-5H2,1H3;1-2H3;1-3H3;4H,3H2,1-2H3;5H,4H2,1-3H3;3-5H2,1-2H3;3H,1-2H3/t4-;5-;;;;;;;/m00......./s1/i;;;;;;;;3D.